The quantitative estimate of drug-likeness (QED) is 0.741. The summed E-state index contributed by atoms with van der Waals surface area (Å²) in [5.74, 6) is -1.17. The largest absolute Gasteiger partial charge is 0.539 e. The van der Waals surface area contributed by atoms with Crippen LogP contribution in [0, 0.1) is 5.82 Å². The molecule has 80 valence electrons. The molecular weight excluding hydrogens is 225 g/mol. The molecule has 0 fully saturated rings. The number of hydrogen-bond donors (Lipinski definition) is 1. The second-order valence-electron chi connectivity index (χ2n) is 2.56. The van der Waals surface area contributed by atoms with Crippen molar-refractivity contribution in [2.75, 3.05) is 0 Å². The van der Waals surface area contributed by atoms with Gasteiger partial charge in [0.25, 0.3) is 0 Å². The highest BCUT2D eigenvalue weighted by atomic mass is 35.5. The average molecular weight is 232 g/mol. The lowest BCUT2D eigenvalue weighted by atomic mass is 10.3. The molecule has 5 nitrogen and oxygen atoms in total. The molecule has 7 heteroatoms. The average Bonchev–Trinajstić information content (AvgIpc) is 2.57. The number of aromatic nitrogens is 2. The van der Waals surface area contributed by atoms with E-state index in [0.717, 1.165) is 16.9 Å². The fraction of sp³-hybridized carbons (Fsp3) is 0. The molecule has 0 saturated heterocycles. The van der Waals surface area contributed by atoms with Crippen LogP contribution in [0.2, 0.25) is 5.02 Å². The van der Waals surface area contributed by atoms with Gasteiger partial charge in [-0.3, -0.25) is 0 Å². The Morgan fingerprint density at radius 1 is 1.47 bits per heavy atom. The first kappa shape index (κ1) is 11.4. The van der Waals surface area contributed by atoms with Crippen molar-refractivity contribution in [3.05, 3.63) is 35.2 Å². The van der Waals surface area contributed by atoms with Crippen LogP contribution in [0.4, 0.5) is 4.39 Å². The van der Waals surface area contributed by atoms with Crippen molar-refractivity contribution in [3.63, 3.8) is 0 Å². The third-order valence-electron chi connectivity index (χ3n) is 1.61. The predicted molar refractivity (Wildman–Crippen MR) is 47.5 cm³/mol. The highest BCUT2D eigenvalue weighted by molar-refractivity contribution is 6.30. The standard InChI is InChI=1S/C8H4ClFN2O2.H3N/c9-6-2-1-5(3-7(6)10)12-4-8(13)14-11-12;/h1-4H;1H3. The van der Waals surface area contributed by atoms with Crippen molar-refractivity contribution >= 4 is 11.6 Å². The van der Waals surface area contributed by atoms with Crippen molar-refractivity contribution in [1.29, 1.82) is 0 Å². The van der Waals surface area contributed by atoms with Gasteiger partial charge in [0, 0.05) is 6.07 Å². The molecule has 0 unspecified atom stereocenters. The van der Waals surface area contributed by atoms with E-state index >= 15 is 0 Å². The van der Waals surface area contributed by atoms with Crippen LogP contribution < -0.4 is 15.9 Å². The molecule has 0 radical (unpaired) electrons. The summed E-state index contributed by atoms with van der Waals surface area (Å²) in [5.41, 5.74) is 0.373. The molecule has 0 aliphatic carbocycles. The molecule has 0 bridgehead atoms. The van der Waals surface area contributed by atoms with Crippen molar-refractivity contribution in [3.8, 4) is 11.6 Å². The molecule has 3 N–H and O–H groups in total. The first-order chi connectivity index (χ1) is 6.66. The van der Waals surface area contributed by atoms with Gasteiger partial charge in [0.1, 0.15) is 11.8 Å². The summed E-state index contributed by atoms with van der Waals surface area (Å²) in [6.45, 7) is 0. The molecule has 0 aliphatic heterocycles. The third kappa shape index (κ3) is 2.23. The summed E-state index contributed by atoms with van der Waals surface area (Å²) in [6.07, 6.45) is 1.10. The Morgan fingerprint density at radius 3 is 2.73 bits per heavy atom. The van der Waals surface area contributed by atoms with Gasteiger partial charge in [-0.25, -0.2) is 4.39 Å². The number of hydrogen-bond acceptors (Lipinski definition) is 4. The van der Waals surface area contributed by atoms with E-state index in [1.165, 1.54) is 12.1 Å². The molecule has 1 aromatic carbocycles. The van der Waals surface area contributed by atoms with Crippen LogP contribution in [0.5, 0.6) is 5.95 Å². The minimum atomic E-state index is -0.597. The van der Waals surface area contributed by atoms with Crippen LogP contribution in [-0.2, 0) is 0 Å². The molecule has 2 rings (SSSR count). The zero-order valence-electron chi connectivity index (χ0n) is 7.48. The van der Waals surface area contributed by atoms with Crippen molar-refractivity contribution < 1.29 is 18.7 Å². The Balaban J connectivity index is 0.00000112. The number of halogens is 2. The summed E-state index contributed by atoms with van der Waals surface area (Å²) in [7, 11) is 0. The van der Waals surface area contributed by atoms with Crippen LogP contribution in [0.15, 0.2) is 28.9 Å². The van der Waals surface area contributed by atoms with E-state index in [0.29, 0.717) is 5.69 Å². The van der Waals surface area contributed by atoms with Crippen molar-refractivity contribution in [2.24, 2.45) is 0 Å². The molecule has 15 heavy (non-hydrogen) atoms. The maximum absolute atomic E-state index is 13.0. The summed E-state index contributed by atoms with van der Waals surface area (Å²) < 4.78 is 18.4. The minimum Gasteiger partial charge on any atom is -0.539 e. The van der Waals surface area contributed by atoms with E-state index in [4.69, 9.17) is 11.6 Å². The smallest absolute Gasteiger partial charge is 0.242 e. The molecule has 0 spiro atoms. The van der Waals surface area contributed by atoms with Crippen LogP contribution in [-0.4, -0.2) is 5.27 Å². The number of nitrogens with zero attached hydrogens (tertiary/aromatic N) is 2. The Hall–Kier alpha value is -1.66. The maximum Gasteiger partial charge on any atom is 0.242 e. The molecule has 0 amide bonds. The van der Waals surface area contributed by atoms with E-state index in [9.17, 15) is 9.50 Å². The second-order valence-corrected chi connectivity index (χ2v) is 2.97. The van der Waals surface area contributed by atoms with Crippen molar-refractivity contribution in [1.82, 2.24) is 11.4 Å². The highest BCUT2D eigenvalue weighted by Gasteiger charge is 2.11. The van der Waals surface area contributed by atoms with E-state index in [2.05, 4.69) is 9.79 Å². The van der Waals surface area contributed by atoms with Gasteiger partial charge >= 0.3 is 0 Å². The minimum absolute atomic E-state index is 0. The molecule has 0 atom stereocenters. The Morgan fingerprint density at radius 2 is 2.20 bits per heavy atom. The predicted octanol–water partition coefficient (Wildman–Crippen LogP) is 0.979. The Labute approximate surface area is 89.3 Å². The van der Waals surface area contributed by atoms with E-state index in [1.54, 1.807) is 0 Å². The maximum atomic E-state index is 13.0. The van der Waals surface area contributed by atoms with E-state index in [-0.39, 0.29) is 11.2 Å². The van der Waals surface area contributed by atoms with Crippen molar-refractivity contribution in [2.45, 2.75) is 0 Å². The molecular formula is C8H7ClFN3O2. The Bertz CT molecular complexity index is 475. The SMILES string of the molecule is N.[O-]c1c[n+](-c2ccc(Cl)c(F)c2)no1. The first-order valence-electron chi connectivity index (χ1n) is 3.68. The van der Waals surface area contributed by atoms with Gasteiger partial charge in [-0.1, -0.05) is 11.6 Å². The van der Waals surface area contributed by atoms with Gasteiger partial charge in [-0.2, -0.15) is 0 Å². The topological polar surface area (TPSA) is 88.0 Å². The Kier molecular flexibility index (Phi) is 3.23. The van der Waals surface area contributed by atoms with Crippen LogP contribution in [0.25, 0.3) is 5.69 Å². The molecule has 0 saturated carbocycles. The van der Waals surface area contributed by atoms with Gasteiger partial charge in [-0.05, 0) is 10.7 Å². The van der Waals surface area contributed by atoms with Crippen LogP contribution >= 0.6 is 11.6 Å². The molecule has 1 heterocycles. The normalized spacial score (nSPS) is 9.73. The highest BCUT2D eigenvalue weighted by Crippen LogP contribution is 2.15. The van der Waals surface area contributed by atoms with Crippen LogP contribution in [0.1, 0.15) is 0 Å². The number of benzene rings is 1. The van der Waals surface area contributed by atoms with E-state index < -0.39 is 11.8 Å². The first-order valence-corrected chi connectivity index (χ1v) is 4.06. The summed E-state index contributed by atoms with van der Waals surface area (Å²) >= 11 is 5.48. The fourth-order valence-corrected chi connectivity index (χ4v) is 1.10. The van der Waals surface area contributed by atoms with Gasteiger partial charge in [0.15, 0.2) is 0 Å². The van der Waals surface area contributed by atoms with E-state index in [1.807, 2.05) is 0 Å². The van der Waals surface area contributed by atoms with Gasteiger partial charge in [0.05, 0.1) is 16.4 Å². The fourth-order valence-electron chi connectivity index (χ4n) is 0.980. The molecule has 2 aromatic rings. The summed E-state index contributed by atoms with van der Waals surface area (Å²) in [5, 5.41) is 14.0. The molecule has 1 aromatic heterocycles. The summed E-state index contributed by atoms with van der Waals surface area (Å²) in [6, 6.07) is 4.05. The lowest BCUT2D eigenvalue weighted by Crippen LogP contribution is -2.31. The van der Waals surface area contributed by atoms with Gasteiger partial charge in [-0.15, -0.1) is 0 Å². The third-order valence-corrected chi connectivity index (χ3v) is 1.92. The van der Waals surface area contributed by atoms with Crippen LogP contribution in [0.3, 0.4) is 0 Å². The van der Waals surface area contributed by atoms with Gasteiger partial charge < -0.3 is 15.8 Å². The summed E-state index contributed by atoms with van der Waals surface area (Å²) in [4.78, 5) is 0. The zero-order valence-corrected chi connectivity index (χ0v) is 8.24. The zero-order chi connectivity index (χ0) is 10.1. The number of rotatable bonds is 1. The lowest BCUT2D eigenvalue weighted by Gasteiger charge is -1.92. The monoisotopic (exact) mass is 231 g/mol. The molecule has 0 aliphatic rings. The second kappa shape index (κ2) is 4.24. The van der Waals surface area contributed by atoms with Gasteiger partial charge in [0.2, 0.25) is 11.9 Å². The lowest BCUT2D eigenvalue weighted by molar-refractivity contribution is -0.670.